The van der Waals surface area contributed by atoms with Crippen molar-refractivity contribution in [3.05, 3.63) is 29.8 Å². The highest BCUT2D eigenvalue weighted by Gasteiger charge is 2.28. The van der Waals surface area contributed by atoms with Gasteiger partial charge < -0.3 is 4.74 Å². The molecule has 4 heteroatoms. The average Bonchev–Trinajstić information content (AvgIpc) is 2.37. The zero-order chi connectivity index (χ0) is 13.7. The molecule has 0 aromatic heterocycles. The average molecular weight is 252 g/mol. The standard InChI is InChI=1S/C14H17FO3/c1-4-18-11-7-5-10(6-8-11)14(17)12(15)13(16)9(2)3/h5-9,12H,4H2,1-3H3. The Morgan fingerprint density at radius 1 is 1.22 bits per heavy atom. The van der Waals surface area contributed by atoms with Crippen LogP contribution in [0.5, 0.6) is 5.75 Å². The van der Waals surface area contributed by atoms with Crippen molar-refractivity contribution in [1.29, 1.82) is 0 Å². The number of carbonyl (C=O) groups excluding carboxylic acids is 2. The number of carbonyl (C=O) groups is 2. The first kappa shape index (κ1) is 14.4. The van der Waals surface area contributed by atoms with Crippen molar-refractivity contribution in [2.75, 3.05) is 6.61 Å². The van der Waals surface area contributed by atoms with Crippen molar-refractivity contribution >= 4 is 11.6 Å². The van der Waals surface area contributed by atoms with Gasteiger partial charge in [0.25, 0.3) is 0 Å². The fourth-order valence-corrected chi connectivity index (χ4v) is 1.45. The van der Waals surface area contributed by atoms with Gasteiger partial charge in [0, 0.05) is 11.5 Å². The molecule has 98 valence electrons. The monoisotopic (exact) mass is 252 g/mol. The van der Waals surface area contributed by atoms with Crippen LogP contribution in [0.3, 0.4) is 0 Å². The number of alkyl halides is 1. The Bertz CT molecular complexity index is 423. The highest BCUT2D eigenvalue weighted by atomic mass is 19.1. The number of ketones is 2. The Hall–Kier alpha value is -1.71. The lowest BCUT2D eigenvalue weighted by molar-refractivity contribution is -0.125. The minimum atomic E-state index is -2.08. The quantitative estimate of drug-likeness (QED) is 0.577. The van der Waals surface area contributed by atoms with E-state index in [1.54, 1.807) is 26.0 Å². The normalized spacial score (nSPS) is 12.3. The van der Waals surface area contributed by atoms with Crippen molar-refractivity contribution in [1.82, 2.24) is 0 Å². The van der Waals surface area contributed by atoms with Gasteiger partial charge >= 0.3 is 0 Å². The number of rotatable bonds is 6. The summed E-state index contributed by atoms with van der Waals surface area (Å²) in [5, 5.41) is 0. The maximum atomic E-state index is 13.6. The summed E-state index contributed by atoms with van der Waals surface area (Å²) in [4.78, 5) is 23.1. The first-order chi connectivity index (χ1) is 8.47. The molecule has 1 aromatic carbocycles. The maximum Gasteiger partial charge on any atom is 0.221 e. The second-order valence-corrected chi connectivity index (χ2v) is 4.24. The first-order valence-corrected chi connectivity index (χ1v) is 5.92. The van der Waals surface area contributed by atoms with Gasteiger partial charge in [0.05, 0.1) is 6.61 Å². The topological polar surface area (TPSA) is 43.4 Å². The van der Waals surface area contributed by atoms with Crippen LogP contribution >= 0.6 is 0 Å². The maximum absolute atomic E-state index is 13.6. The van der Waals surface area contributed by atoms with E-state index in [4.69, 9.17) is 4.74 Å². The van der Waals surface area contributed by atoms with Gasteiger partial charge in [-0.05, 0) is 31.2 Å². The molecule has 0 saturated heterocycles. The van der Waals surface area contributed by atoms with Gasteiger partial charge in [0.1, 0.15) is 5.75 Å². The van der Waals surface area contributed by atoms with Crippen LogP contribution in [0.1, 0.15) is 31.1 Å². The number of Topliss-reactive ketones (excluding diaryl/α,β-unsaturated/α-hetero) is 2. The number of halogens is 1. The summed E-state index contributed by atoms with van der Waals surface area (Å²) >= 11 is 0. The number of hydrogen-bond acceptors (Lipinski definition) is 3. The van der Waals surface area contributed by atoms with E-state index in [1.165, 1.54) is 12.1 Å². The fraction of sp³-hybridized carbons (Fsp3) is 0.429. The largest absolute Gasteiger partial charge is 0.494 e. The molecule has 0 heterocycles. The van der Waals surface area contributed by atoms with Gasteiger partial charge in [-0.2, -0.15) is 0 Å². The summed E-state index contributed by atoms with van der Waals surface area (Å²) in [6.45, 7) is 5.50. The van der Waals surface area contributed by atoms with Gasteiger partial charge in [-0.3, -0.25) is 9.59 Å². The van der Waals surface area contributed by atoms with E-state index in [9.17, 15) is 14.0 Å². The lowest BCUT2D eigenvalue weighted by Gasteiger charge is -2.09. The molecule has 1 atom stereocenters. The summed E-state index contributed by atoms with van der Waals surface area (Å²) in [6.07, 6.45) is -2.08. The summed E-state index contributed by atoms with van der Waals surface area (Å²) in [5.74, 6) is -1.36. The Morgan fingerprint density at radius 2 is 1.78 bits per heavy atom. The molecule has 0 saturated carbocycles. The van der Waals surface area contributed by atoms with Crippen molar-refractivity contribution < 1.29 is 18.7 Å². The predicted molar refractivity (Wildman–Crippen MR) is 66.7 cm³/mol. The molecule has 1 aromatic rings. The summed E-state index contributed by atoms with van der Waals surface area (Å²) < 4.78 is 18.9. The first-order valence-electron chi connectivity index (χ1n) is 5.92. The number of ether oxygens (including phenoxy) is 1. The minimum Gasteiger partial charge on any atom is -0.494 e. The summed E-state index contributed by atoms with van der Waals surface area (Å²) in [6, 6.07) is 6.10. The zero-order valence-electron chi connectivity index (χ0n) is 10.8. The molecule has 0 spiro atoms. The predicted octanol–water partition coefficient (Wildman–Crippen LogP) is 2.83. The van der Waals surface area contributed by atoms with Crippen LogP contribution in [0, 0.1) is 5.92 Å². The van der Waals surface area contributed by atoms with Crippen LogP contribution in [0.25, 0.3) is 0 Å². The van der Waals surface area contributed by atoms with Crippen molar-refractivity contribution in [2.24, 2.45) is 5.92 Å². The van der Waals surface area contributed by atoms with E-state index >= 15 is 0 Å². The molecule has 0 aliphatic heterocycles. The lowest BCUT2D eigenvalue weighted by atomic mass is 9.98. The SMILES string of the molecule is CCOc1ccc(C(=O)C(F)C(=O)C(C)C)cc1. The van der Waals surface area contributed by atoms with Crippen molar-refractivity contribution in [3.8, 4) is 5.75 Å². The summed E-state index contributed by atoms with van der Waals surface area (Å²) in [5.41, 5.74) is 0.181. The van der Waals surface area contributed by atoms with E-state index in [2.05, 4.69) is 0 Å². The molecule has 3 nitrogen and oxygen atoms in total. The van der Waals surface area contributed by atoms with Crippen LogP contribution in [-0.2, 0) is 4.79 Å². The molecule has 1 rings (SSSR count). The van der Waals surface area contributed by atoms with Gasteiger partial charge in [-0.1, -0.05) is 13.8 Å². The molecule has 0 amide bonds. The molecular weight excluding hydrogens is 235 g/mol. The summed E-state index contributed by atoms with van der Waals surface area (Å²) in [7, 11) is 0. The minimum absolute atomic E-state index is 0.181. The van der Waals surface area contributed by atoms with E-state index in [0.717, 1.165) is 0 Å². The zero-order valence-corrected chi connectivity index (χ0v) is 10.8. The molecule has 0 aliphatic carbocycles. The Kier molecular flexibility index (Phi) is 5.01. The molecule has 0 bridgehead atoms. The van der Waals surface area contributed by atoms with Gasteiger partial charge in [0.15, 0.2) is 5.78 Å². The Labute approximate surface area is 106 Å². The van der Waals surface area contributed by atoms with Crippen LogP contribution in [0.4, 0.5) is 4.39 Å². The Balaban J connectivity index is 2.81. The van der Waals surface area contributed by atoms with E-state index in [1.807, 2.05) is 6.92 Å². The second kappa shape index (κ2) is 6.28. The highest BCUT2D eigenvalue weighted by molar-refractivity contribution is 6.13. The molecular formula is C14H17FO3. The van der Waals surface area contributed by atoms with Crippen LogP contribution in [0.2, 0.25) is 0 Å². The van der Waals surface area contributed by atoms with Crippen molar-refractivity contribution in [3.63, 3.8) is 0 Å². The van der Waals surface area contributed by atoms with Gasteiger partial charge in [-0.15, -0.1) is 0 Å². The molecule has 0 N–H and O–H groups in total. The van der Waals surface area contributed by atoms with Gasteiger partial charge in [0.2, 0.25) is 12.0 Å². The third-order valence-electron chi connectivity index (χ3n) is 2.50. The van der Waals surface area contributed by atoms with Gasteiger partial charge in [-0.25, -0.2) is 4.39 Å². The van der Waals surface area contributed by atoms with Crippen molar-refractivity contribution in [2.45, 2.75) is 26.9 Å². The van der Waals surface area contributed by atoms with Crippen LogP contribution < -0.4 is 4.74 Å². The number of benzene rings is 1. The molecule has 18 heavy (non-hydrogen) atoms. The second-order valence-electron chi connectivity index (χ2n) is 4.24. The third kappa shape index (κ3) is 3.39. The molecule has 1 unspecified atom stereocenters. The molecule has 0 radical (unpaired) electrons. The van der Waals surface area contributed by atoms with Crippen LogP contribution in [-0.4, -0.2) is 24.3 Å². The van der Waals surface area contributed by atoms with E-state index in [-0.39, 0.29) is 5.56 Å². The highest BCUT2D eigenvalue weighted by Crippen LogP contribution is 2.16. The lowest BCUT2D eigenvalue weighted by Crippen LogP contribution is -2.29. The molecule has 0 aliphatic rings. The third-order valence-corrected chi connectivity index (χ3v) is 2.50. The van der Waals surface area contributed by atoms with E-state index in [0.29, 0.717) is 12.4 Å². The fourth-order valence-electron chi connectivity index (χ4n) is 1.45. The van der Waals surface area contributed by atoms with E-state index < -0.39 is 23.7 Å². The Morgan fingerprint density at radius 3 is 2.22 bits per heavy atom. The smallest absolute Gasteiger partial charge is 0.221 e. The number of hydrogen-bond donors (Lipinski definition) is 0. The van der Waals surface area contributed by atoms with Crippen LogP contribution in [0.15, 0.2) is 24.3 Å². The molecule has 0 fully saturated rings.